The van der Waals surface area contributed by atoms with Gasteiger partial charge in [0.15, 0.2) is 5.78 Å². The van der Waals surface area contributed by atoms with Gasteiger partial charge in [-0.25, -0.2) is 0 Å². The molecule has 0 bridgehead atoms. The fraction of sp³-hybridized carbons (Fsp3) is 0.882. The number of hydrogen-bond acceptors (Lipinski definition) is 3. The number of rotatable bonds is 10. The van der Waals surface area contributed by atoms with E-state index >= 15 is 0 Å². The first-order valence-corrected chi connectivity index (χ1v) is 8.38. The Morgan fingerprint density at radius 1 is 1.10 bits per heavy atom. The Kier molecular flexibility index (Phi) is 16.5. The first-order chi connectivity index (χ1) is 9.88. The van der Waals surface area contributed by atoms with E-state index in [1.165, 1.54) is 12.8 Å². The third-order valence-electron chi connectivity index (χ3n) is 3.44. The fourth-order valence-corrected chi connectivity index (χ4v) is 1.46. The van der Waals surface area contributed by atoms with Gasteiger partial charge >= 0.3 is 0 Å². The Balaban J connectivity index is 0. The summed E-state index contributed by atoms with van der Waals surface area (Å²) in [6.07, 6.45) is 6.05. The first kappa shape index (κ1) is 22.4. The van der Waals surface area contributed by atoms with Gasteiger partial charge in [-0.05, 0) is 25.3 Å². The van der Waals surface area contributed by atoms with Gasteiger partial charge < -0.3 is 11.1 Å². The van der Waals surface area contributed by atoms with Gasteiger partial charge in [0.1, 0.15) is 0 Å². The van der Waals surface area contributed by atoms with Crippen LogP contribution < -0.4 is 11.1 Å². The maximum absolute atomic E-state index is 11.4. The van der Waals surface area contributed by atoms with Crippen molar-refractivity contribution in [1.29, 1.82) is 0 Å². The standard InChI is InChI=1S/C14H27NO2.C3H9N/c1-5-12(4)8-6-7-9-14(17)15-10-13(16)11(2)3;1-2-3-4/h11-12H,5-10H2,1-4H3,(H,15,17);2-4H2,1H3. The molecule has 0 spiro atoms. The van der Waals surface area contributed by atoms with Gasteiger partial charge in [-0.3, -0.25) is 9.59 Å². The quantitative estimate of drug-likeness (QED) is 0.608. The summed E-state index contributed by atoms with van der Waals surface area (Å²) in [7, 11) is 0. The molecule has 0 rings (SSSR count). The van der Waals surface area contributed by atoms with Crippen molar-refractivity contribution < 1.29 is 9.59 Å². The van der Waals surface area contributed by atoms with Gasteiger partial charge in [-0.1, -0.05) is 53.9 Å². The zero-order valence-corrected chi connectivity index (χ0v) is 14.7. The highest BCUT2D eigenvalue weighted by Crippen LogP contribution is 2.11. The van der Waals surface area contributed by atoms with Crippen LogP contribution in [-0.2, 0) is 9.59 Å². The van der Waals surface area contributed by atoms with Gasteiger partial charge in [-0.15, -0.1) is 0 Å². The van der Waals surface area contributed by atoms with Crippen molar-refractivity contribution in [3.8, 4) is 0 Å². The third kappa shape index (κ3) is 17.0. The molecular formula is C17H36N2O2. The van der Waals surface area contributed by atoms with Crippen LogP contribution in [0.25, 0.3) is 0 Å². The number of amides is 1. The minimum atomic E-state index is 0.000652. The zero-order chi connectivity index (χ0) is 16.7. The Bertz CT molecular complexity index is 264. The first-order valence-electron chi connectivity index (χ1n) is 8.38. The average molecular weight is 300 g/mol. The van der Waals surface area contributed by atoms with E-state index in [-0.39, 0.29) is 24.2 Å². The zero-order valence-electron chi connectivity index (χ0n) is 14.7. The van der Waals surface area contributed by atoms with E-state index in [0.717, 1.165) is 31.7 Å². The van der Waals surface area contributed by atoms with Crippen LogP contribution in [0.4, 0.5) is 0 Å². The van der Waals surface area contributed by atoms with Gasteiger partial charge in [-0.2, -0.15) is 0 Å². The second kappa shape index (κ2) is 15.5. The van der Waals surface area contributed by atoms with Crippen LogP contribution in [0, 0.1) is 11.8 Å². The van der Waals surface area contributed by atoms with Gasteiger partial charge in [0.2, 0.25) is 5.91 Å². The Labute approximate surface area is 131 Å². The number of carbonyl (C=O) groups excluding carboxylic acids is 2. The number of Topliss-reactive ketones (excluding diaryl/α,β-unsaturated/α-hetero) is 1. The van der Waals surface area contributed by atoms with Gasteiger partial charge in [0.25, 0.3) is 0 Å². The summed E-state index contributed by atoms with van der Waals surface area (Å²) in [6, 6.07) is 0. The predicted molar refractivity (Wildman–Crippen MR) is 90.1 cm³/mol. The van der Waals surface area contributed by atoms with Crippen molar-refractivity contribution in [3.63, 3.8) is 0 Å². The van der Waals surface area contributed by atoms with E-state index in [2.05, 4.69) is 26.1 Å². The molecular weight excluding hydrogens is 264 g/mol. The van der Waals surface area contributed by atoms with E-state index in [4.69, 9.17) is 5.73 Å². The third-order valence-corrected chi connectivity index (χ3v) is 3.44. The maximum Gasteiger partial charge on any atom is 0.220 e. The highest BCUT2D eigenvalue weighted by molar-refractivity contribution is 5.87. The van der Waals surface area contributed by atoms with E-state index < -0.39 is 0 Å². The maximum atomic E-state index is 11.4. The monoisotopic (exact) mass is 300 g/mol. The smallest absolute Gasteiger partial charge is 0.220 e. The van der Waals surface area contributed by atoms with Gasteiger partial charge in [0.05, 0.1) is 6.54 Å². The number of hydrogen-bond donors (Lipinski definition) is 2. The molecule has 0 radical (unpaired) electrons. The molecule has 1 atom stereocenters. The highest BCUT2D eigenvalue weighted by atomic mass is 16.2. The summed E-state index contributed by atoms with van der Waals surface area (Å²) in [6.45, 7) is 11.2. The molecule has 0 saturated carbocycles. The SMILES string of the molecule is CCC(C)CCCCC(=O)NCC(=O)C(C)C.CCCN. The molecule has 1 amide bonds. The fourth-order valence-electron chi connectivity index (χ4n) is 1.46. The molecule has 0 aromatic heterocycles. The van der Waals surface area contributed by atoms with Crippen LogP contribution in [0.5, 0.6) is 0 Å². The van der Waals surface area contributed by atoms with Crippen molar-refractivity contribution >= 4 is 11.7 Å². The number of nitrogens with two attached hydrogens (primary N) is 1. The lowest BCUT2D eigenvalue weighted by molar-refractivity contribution is -0.126. The molecule has 4 nitrogen and oxygen atoms in total. The van der Waals surface area contributed by atoms with Crippen molar-refractivity contribution in [1.82, 2.24) is 5.32 Å². The van der Waals surface area contributed by atoms with E-state index in [1.807, 2.05) is 13.8 Å². The lowest BCUT2D eigenvalue weighted by atomic mass is 10.0. The largest absolute Gasteiger partial charge is 0.349 e. The van der Waals surface area contributed by atoms with Crippen molar-refractivity contribution in [2.45, 2.75) is 73.1 Å². The molecule has 1 unspecified atom stereocenters. The lowest BCUT2D eigenvalue weighted by Crippen LogP contribution is -2.31. The second-order valence-corrected chi connectivity index (χ2v) is 5.95. The summed E-state index contributed by atoms with van der Waals surface area (Å²) < 4.78 is 0. The Hall–Kier alpha value is -0.900. The van der Waals surface area contributed by atoms with Crippen molar-refractivity contribution in [2.75, 3.05) is 13.1 Å². The minimum Gasteiger partial charge on any atom is -0.349 e. The van der Waals surface area contributed by atoms with Crippen LogP contribution in [0.1, 0.15) is 73.1 Å². The van der Waals surface area contributed by atoms with E-state index in [9.17, 15) is 9.59 Å². The van der Waals surface area contributed by atoms with Crippen LogP contribution in [-0.4, -0.2) is 24.8 Å². The number of nitrogens with one attached hydrogen (secondary N) is 1. The molecule has 0 aliphatic carbocycles. The summed E-state index contributed by atoms with van der Waals surface area (Å²) >= 11 is 0. The second-order valence-electron chi connectivity index (χ2n) is 5.95. The summed E-state index contributed by atoms with van der Waals surface area (Å²) in [5.41, 5.74) is 5.03. The molecule has 0 heterocycles. The summed E-state index contributed by atoms with van der Waals surface area (Å²) in [4.78, 5) is 22.7. The number of carbonyl (C=O) groups is 2. The van der Waals surface area contributed by atoms with Crippen LogP contribution in [0.2, 0.25) is 0 Å². The number of ketones is 1. The van der Waals surface area contributed by atoms with Crippen LogP contribution >= 0.6 is 0 Å². The minimum absolute atomic E-state index is 0.000652. The number of unbranched alkanes of at least 4 members (excludes halogenated alkanes) is 1. The van der Waals surface area contributed by atoms with Crippen LogP contribution in [0.3, 0.4) is 0 Å². The molecule has 0 aromatic rings. The predicted octanol–water partition coefficient (Wildman–Crippen LogP) is 3.29. The molecule has 0 fully saturated rings. The molecule has 0 aromatic carbocycles. The normalized spacial score (nSPS) is 11.6. The lowest BCUT2D eigenvalue weighted by Gasteiger charge is -2.08. The summed E-state index contributed by atoms with van der Waals surface area (Å²) in [5.74, 6) is 0.849. The molecule has 21 heavy (non-hydrogen) atoms. The summed E-state index contributed by atoms with van der Waals surface area (Å²) in [5, 5.41) is 2.68. The Morgan fingerprint density at radius 3 is 2.10 bits per heavy atom. The van der Waals surface area contributed by atoms with E-state index in [0.29, 0.717) is 6.42 Å². The van der Waals surface area contributed by atoms with E-state index in [1.54, 1.807) is 0 Å². The molecule has 0 saturated heterocycles. The van der Waals surface area contributed by atoms with Crippen molar-refractivity contribution in [2.24, 2.45) is 17.6 Å². The molecule has 126 valence electrons. The van der Waals surface area contributed by atoms with Crippen molar-refractivity contribution in [3.05, 3.63) is 0 Å². The highest BCUT2D eigenvalue weighted by Gasteiger charge is 2.09. The molecule has 4 heteroatoms. The topological polar surface area (TPSA) is 72.2 Å². The Morgan fingerprint density at radius 2 is 1.67 bits per heavy atom. The molecule has 0 aliphatic heterocycles. The molecule has 3 N–H and O–H groups in total. The van der Waals surface area contributed by atoms with Gasteiger partial charge in [0, 0.05) is 12.3 Å². The average Bonchev–Trinajstić information content (AvgIpc) is 2.48. The van der Waals surface area contributed by atoms with Crippen LogP contribution in [0.15, 0.2) is 0 Å². The molecule has 0 aliphatic rings.